The molecule has 0 aliphatic carbocycles. The third-order valence-electron chi connectivity index (χ3n) is 2.50. The van der Waals surface area contributed by atoms with Gasteiger partial charge in [0, 0.05) is 19.6 Å². The molecule has 0 heterocycles. The molecule has 0 aliphatic heterocycles. The van der Waals surface area contributed by atoms with Crippen molar-refractivity contribution < 1.29 is 0 Å². The van der Waals surface area contributed by atoms with E-state index in [0.717, 1.165) is 11.5 Å². The van der Waals surface area contributed by atoms with Crippen LogP contribution in [-0.4, -0.2) is 11.5 Å². The van der Waals surface area contributed by atoms with Crippen LogP contribution in [0, 0.1) is 0 Å². The topological polar surface area (TPSA) is 0 Å². The van der Waals surface area contributed by atoms with Crippen LogP contribution in [0.5, 0.6) is 0 Å². The van der Waals surface area contributed by atoms with Crippen molar-refractivity contribution >= 4 is 45.1 Å². The molecule has 0 aliphatic rings. The summed E-state index contributed by atoms with van der Waals surface area (Å²) in [7, 11) is 3.64. The minimum atomic E-state index is 1.13. The molecular weight excluding hydrogens is 320 g/mol. The molecule has 0 amide bonds. The first-order chi connectivity index (χ1) is 9.81. The summed E-state index contributed by atoms with van der Waals surface area (Å²) >= 11 is 3.77. The molecule has 20 heavy (non-hydrogen) atoms. The Morgan fingerprint density at radius 2 is 0.850 bits per heavy atom. The van der Waals surface area contributed by atoms with Crippen LogP contribution in [-0.2, 0) is 0 Å². The van der Waals surface area contributed by atoms with Gasteiger partial charge in [-0.05, 0) is 60.0 Å². The second-order valence-electron chi connectivity index (χ2n) is 3.98. The lowest BCUT2D eigenvalue weighted by Gasteiger charge is -2.04. The normalized spacial score (nSPS) is 10.7. The van der Waals surface area contributed by atoms with E-state index in [1.54, 1.807) is 0 Å². The van der Waals surface area contributed by atoms with Crippen molar-refractivity contribution in [3.63, 3.8) is 0 Å². The second-order valence-corrected chi connectivity index (χ2v) is 8.93. The van der Waals surface area contributed by atoms with Crippen molar-refractivity contribution in [1.82, 2.24) is 0 Å². The summed E-state index contributed by atoms with van der Waals surface area (Å²) in [5, 5.41) is 0. The van der Waals surface area contributed by atoms with Crippen molar-refractivity contribution in [2.75, 3.05) is 11.5 Å². The molecule has 2 aromatic rings. The van der Waals surface area contributed by atoms with Gasteiger partial charge in [0.1, 0.15) is 0 Å². The number of hydrogen-bond donors (Lipinski definition) is 0. The third-order valence-corrected chi connectivity index (χ3v) is 6.71. The number of benzene rings is 2. The molecule has 0 bridgehead atoms. The van der Waals surface area contributed by atoms with E-state index < -0.39 is 0 Å². The Morgan fingerprint density at radius 3 is 1.15 bits per heavy atom. The molecule has 0 nitrogen and oxygen atoms in total. The summed E-state index contributed by atoms with van der Waals surface area (Å²) in [6, 6.07) is 17.6. The monoisotopic (exact) mass is 338 g/mol. The SMILES string of the molecule is CCSc1ccc(SSc2ccc(SCC)cc2)cc1. The maximum absolute atomic E-state index is 2.21. The minimum absolute atomic E-state index is 1.13. The van der Waals surface area contributed by atoms with Crippen molar-refractivity contribution in [1.29, 1.82) is 0 Å². The summed E-state index contributed by atoms with van der Waals surface area (Å²) in [5.41, 5.74) is 0. The van der Waals surface area contributed by atoms with Crippen molar-refractivity contribution in [2.24, 2.45) is 0 Å². The molecule has 2 rings (SSSR count). The number of hydrogen-bond acceptors (Lipinski definition) is 4. The summed E-state index contributed by atoms with van der Waals surface area (Å²) in [4.78, 5) is 5.32. The van der Waals surface area contributed by atoms with Crippen LogP contribution in [0.15, 0.2) is 68.1 Å². The van der Waals surface area contributed by atoms with Crippen LogP contribution in [0.2, 0.25) is 0 Å². The predicted octanol–water partition coefficient (Wildman–Crippen LogP) is 6.71. The first-order valence-corrected chi connectivity index (χ1v) is 10.7. The highest BCUT2D eigenvalue weighted by Gasteiger charge is 1.99. The summed E-state index contributed by atoms with van der Waals surface area (Å²) in [6.07, 6.45) is 0. The molecule has 0 spiro atoms. The second kappa shape index (κ2) is 8.98. The van der Waals surface area contributed by atoms with Gasteiger partial charge >= 0.3 is 0 Å². The molecule has 0 unspecified atom stereocenters. The zero-order valence-electron chi connectivity index (χ0n) is 11.7. The molecule has 0 atom stereocenters. The van der Waals surface area contributed by atoms with E-state index in [-0.39, 0.29) is 0 Å². The van der Waals surface area contributed by atoms with Gasteiger partial charge in [0.15, 0.2) is 0 Å². The summed E-state index contributed by atoms with van der Waals surface area (Å²) in [5.74, 6) is 2.26. The zero-order valence-corrected chi connectivity index (χ0v) is 14.9. The van der Waals surface area contributed by atoms with Gasteiger partial charge in [-0.25, -0.2) is 0 Å². The third kappa shape index (κ3) is 5.32. The quantitative estimate of drug-likeness (QED) is 0.406. The maximum atomic E-state index is 2.21. The van der Waals surface area contributed by atoms with Crippen LogP contribution in [0.1, 0.15) is 13.8 Å². The molecule has 0 fully saturated rings. The Morgan fingerprint density at radius 1 is 0.550 bits per heavy atom. The van der Waals surface area contributed by atoms with E-state index in [0.29, 0.717) is 0 Å². The number of thioether (sulfide) groups is 2. The lowest BCUT2D eigenvalue weighted by atomic mass is 10.4. The van der Waals surface area contributed by atoms with Crippen LogP contribution in [0.4, 0.5) is 0 Å². The van der Waals surface area contributed by atoms with Gasteiger partial charge < -0.3 is 0 Å². The van der Waals surface area contributed by atoms with E-state index in [2.05, 4.69) is 62.4 Å². The van der Waals surface area contributed by atoms with Gasteiger partial charge in [0.25, 0.3) is 0 Å². The van der Waals surface area contributed by atoms with Crippen LogP contribution in [0.25, 0.3) is 0 Å². The average Bonchev–Trinajstić information content (AvgIpc) is 2.49. The van der Waals surface area contributed by atoms with E-state index in [1.807, 2.05) is 45.1 Å². The first-order valence-electron chi connectivity index (χ1n) is 6.62. The smallest absolute Gasteiger partial charge is 0.0187 e. The Bertz CT molecular complexity index is 456. The molecule has 4 heteroatoms. The van der Waals surface area contributed by atoms with Crippen molar-refractivity contribution in [3.05, 3.63) is 48.5 Å². The van der Waals surface area contributed by atoms with Gasteiger partial charge in [-0.3, -0.25) is 0 Å². The highest BCUT2D eigenvalue weighted by molar-refractivity contribution is 8.76. The fraction of sp³-hybridized carbons (Fsp3) is 0.250. The maximum Gasteiger partial charge on any atom is 0.0187 e. The highest BCUT2D eigenvalue weighted by Crippen LogP contribution is 2.38. The molecule has 106 valence electrons. The van der Waals surface area contributed by atoms with Crippen molar-refractivity contribution in [2.45, 2.75) is 33.4 Å². The predicted molar refractivity (Wildman–Crippen MR) is 97.4 cm³/mol. The molecular formula is C16H18S4. The average molecular weight is 339 g/mol. The molecule has 0 N–H and O–H groups in total. The van der Waals surface area contributed by atoms with E-state index in [1.165, 1.54) is 19.6 Å². The van der Waals surface area contributed by atoms with Gasteiger partial charge in [-0.2, -0.15) is 0 Å². The van der Waals surface area contributed by atoms with Crippen molar-refractivity contribution in [3.8, 4) is 0 Å². The highest BCUT2D eigenvalue weighted by atomic mass is 33.1. The Kier molecular flexibility index (Phi) is 7.28. The van der Waals surface area contributed by atoms with Gasteiger partial charge in [0.05, 0.1) is 0 Å². The van der Waals surface area contributed by atoms with Gasteiger partial charge in [-0.1, -0.05) is 35.4 Å². The van der Waals surface area contributed by atoms with E-state index >= 15 is 0 Å². The Hall–Kier alpha value is -0.160. The minimum Gasteiger partial charge on any atom is -0.126 e. The fourth-order valence-electron chi connectivity index (χ4n) is 1.61. The zero-order chi connectivity index (χ0) is 14.2. The molecule has 0 radical (unpaired) electrons. The molecule has 2 aromatic carbocycles. The van der Waals surface area contributed by atoms with Crippen LogP contribution < -0.4 is 0 Å². The van der Waals surface area contributed by atoms with E-state index in [9.17, 15) is 0 Å². The fourth-order valence-corrected chi connectivity index (χ4v) is 4.87. The lowest BCUT2D eigenvalue weighted by Crippen LogP contribution is -1.75. The number of rotatable bonds is 7. The molecule has 0 saturated heterocycles. The Balaban J connectivity index is 1.87. The largest absolute Gasteiger partial charge is 0.126 e. The molecule has 0 aromatic heterocycles. The van der Waals surface area contributed by atoms with Crippen LogP contribution >= 0.6 is 45.1 Å². The van der Waals surface area contributed by atoms with Crippen LogP contribution in [0.3, 0.4) is 0 Å². The summed E-state index contributed by atoms with van der Waals surface area (Å²) in [6.45, 7) is 4.37. The van der Waals surface area contributed by atoms with E-state index in [4.69, 9.17) is 0 Å². The Labute approximate surface area is 138 Å². The lowest BCUT2D eigenvalue weighted by molar-refractivity contribution is 1.34. The first kappa shape index (κ1) is 16.2. The van der Waals surface area contributed by atoms with Gasteiger partial charge in [0.2, 0.25) is 0 Å². The summed E-state index contributed by atoms with van der Waals surface area (Å²) < 4.78 is 0. The van der Waals surface area contributed by atoms with Gasteiger partial charge in [-0.15, -0.1) is 23.5 Å². The standard InChI is InChI=1S/C16H18S4/c1-3-17-13-5-9-15(10-6-13)19-20-16-11-7-14(8-12-16)18-4-2/h5-12H,3-4H2,1-2H3. The molecule has 0 saturated carbocycles.